The van der Waals surface area contributed by atoms with Crippen molar-refractivity contribution in [2.75, 3.05) is 44.2 Å². The summed E-state index contributed by atoms with van der Waals surface area (Å²) in [4.78, 5) is 31.4. The first-order valence-electron chi connectivity index (χ1n) is 10.2. The van der Waals surface area contributed by atoms with Crippen molar-refractivity contribution < 1.29 is 9.59 Å². The predicted molar refractivity (Wildman–Crippen MR) is 128 cm³/mol. The standard InChI is InChI=1S/C23H28N4O2.2ClH/c1-17-6-8-19(9-7-17)22(24)23(29)26-14-12-25(13-15-26)16-21(28)27-11-10-18-4-2-3-5-20(18)27;;/h2-9,22H,10-16,24H2,1H3;2*1H. The third-order valence-electron chi connectivity index (χ3n) is 5.93. The van der Waals surface area contributed by atoms with Crippen LogP contribution in [0.4, 0.5) is 5.69 Å². The van der Waals surface area contributed by atoms with Crippen molar-refractivity contribution in [1.29, 1.82) is 0 Å². The summed E-state index contributed by atoms with van der Waals surface area (Å²) < 4.78 is 0. The zero-order chi connectivity index (χ0) is 20.4. The lowest BCUT2D eigenvalue weighted by molar-refractivity contribution is -0.134. The summed E-state index contributed by atoms with van der Waals surface area (Å²) in [5.74, 6) is 0.0828. The van der Waals surface area contributed by atoms with Gasteiger partial charge in [-0.3, -0.25) is 14.5 Å². The van der Waals surface area contributed by atoms with Gasteiger partial charge in [-0.2, -0.15) is 0 Å². The van der Waals surface area contributed by atoms with Crippen LogP contribution in [0.1, 0.15) is 22.7 Å². The Morgan fingerprint density at radius 1 is 0.935 bits per heavy atom. The topological polar surface area (TPSA) is 69.9 Å². The third-order valence-corrected chi connectivity index (χ3v) is 5.93. The summed E-state index contributed by atoms with van der Waals surface area (Å²) in [6, 6.07) is 15.3. The summed E-state index contributed by atoms with van der Waals surface area (Å²) in [5, 5.41) is 0. The van der Waals surface area contributed by atoms with Gasteiger partial charge in [-0.25, -0.2) is 0 Å². The molecule has 1 unspecified atom stereocenters. The quantitative estimate of drug-likeness (QED) is 0.754. The lowest BCUT2D eigenvalue weighted by atomic mass is 10.0. The molecule has 2 amide bonds. The minimum atomic E-state index is -0.634. The second-order valence-corrected chi connectivity index (χ2v) is 7.91. The fraction of sp³-hybridized carbons (Fsp3) is 0.391. The van der Waals surface area contributed by atoms with Gasteiger partial charge in [0.15, 0.2) is 0 Å². The predicted octanol–water partition coefficient (Wildman–Crippen LogP) is 2.57. The molecular weight excluding hydrogens is 435 g/mol. The van der Waals surface area contributed by atoms with Gasteiger partial charge in [0.2, 0.25) is 11.8 Å². The van der Waals surface area contributed by atoms with Crippen molar-refractivity contribution in [1.82, 2.24) is 9.80 Å². The number of rotatable bonds is 4. The van der Waals surface area contributed by atoms with Crippen LogP contribution < -0.4 is 10.6 Å². The molecule has 31 heavy (non-hydrogen) atoms. The number of carbonyl (C=O) groups excluding carboxylic acids is 2. The number of para-hydroxylation sites is 1. The number of piperazine rings is 1. The van der Waals surface area contributed by atoms with Crippen molar-refractivity contribution in [3.63, 3.8) is 0 Å². The van der Waals surface area contributed by atoms with E-state index in [2.05, 4.69) is 11.0 Å². The molecule has 0 bridgehead atoms. The molecule has 4 rings (SSSR count). The summed E-state index contributed by atoms with van der Waals surface area (Å²) >= 11 is 0. The van der Waals surface area contributed by atoms with Crippen LogP contribution in [0.5, 0.6) is 0 Å². The molecule has 2 heterocycles. The first-order chi connectivity index (χ1) is 14.0. The van der Waals surface area contributed by atoms with Gasteiger partial charge in [-0.05, 0) is 30.5 Å². The number of carbonyl (C=O) groups is 2. The Kier molecular flexibility index (Phi) is 8.89. The van der Waals surface area contributed by atoms with E-state index >= 15 is 0 Å². The van der Waals surface area contributed by atoms with Crippen LogP contribution in [0, 0.1) is 6.92 Å². The number of hydrogen-bond acceptors (Lipinski definition) is 4. The van der Waals surface area contributed by atoms with Crippen molar-refractivity contribution in [3.05, 3.63) is 65.2 Å². The molecule has 8 heteroatoms. The maximum Gasteiger partial charge on any atom is 0.244 e. The maximum absolute atomic E-state index is 12.8. The van der Waals surface area contributed by atoms with Gasteiger partial charge in [-0.1, -0.05) is 48.0 Å². The average Bonchev–Trinajstić information content (AvgIpc) is 3.18. The van der Waals surface area contributed by atoms with E-state index in [9.17, 15) is 9.59 Å². The highest BCUT2D eigenvalue weighted by Crippen LogP contribution is 2.27. The molecule has 0 radical (unpaired) electrons. The third kappa shape index (κ3) is 5.57. The minimum Gasteiger partial charge on any atom is -0.338 e. The Morgan fingerprint density at radius 3 is 2.26 bits per heavy atom. The van der Waals surface area contributed by atoms with Crippen LogP contribution >= 0.6 is 24.8 Å². The van der Waals surface area contributed by atoms with E-state index in [0.29, 0.717) is 32.7 Å². The number of nitrogens with two attached hydrogens (primary N) is 1. The number of amides is 2. The van der Waals surface area contributed by atoms with Crippen molar-refractivity contribution in [2.45, 2.75) is 19.4 Å². The largest absolute Gasteiger partial charge is 0.338 e. The van der Waals surface area contributed by atoms with Gasteiger partial charge < -0.3 is 15.5 Å². The molecule has 2 aliphatic rings. The lowest BCUT2D eigenvalue weighted by Crippen LogP contribution is -2.53. The number of halogens is 2. The molecule has 1 saturated heterocycles. The van der Waals surface area contributed by atoms with E-state index in [1.165, 1.54) is 5.56 Å². The molecular formula is C23H30Cl2N4O2. The van der Waals surface area contributed by atoms with Gasteiger partial charge in [0.25, 0.3) is 0 Å². The van der Waals surface area contributed by atoms with Crippen LogP contribution in [0.25, 0.3) is 0 Å². The summed E-state index contributed by atoms with van der Waals surface area (Å²) in [6.45, 7) is 5.73. The zero-order valence-electron chi connectivity index (χ0n) is 17.7. The van der Waals surface area contributed by atoms with Gasteiger partial charge in [0.1, 0.15) is 6.04 Å². The summed E-state index contributed by atoms with van der Waals surface area (Å²) in [6.07, 6.45) is 0.918. The van der Waals surface area contributed by atoms with Gasteiger partial charge in [0.05, 0.1) is 6.54 Å². The van der Waals surface area contributed by atoms with E-state index < -0.39 is 6.04 Å². The zero-order valence-corrected chi connectivity index (χ0v) is 19.3. The normalized spacial score (nSPS) is 16.7. The number of benzene rings is 2. The highest BCUT2D eigenvalue weighted by molar-refractivity contribution is 5.96. The highest BCUT2D eigenvalue weighted by atomic mass is 35.5. The first-order valence-corrected chi connectivity index (χ1v) is 10.2. The molecule has 6 nitrogen and oxygen atoms in total. The molecule has 2 N–H and O–H groups in total. The van der Waals surface area contributed by atoms with E-state index in [0.717, 1.165) is 29.8 Å². The molecule has 1 atom stereocenters. The molecule has 2 aliphatic heterocycles. The molecule has 0 aromatic heterocycles. The SMILES string of the molecule is Cc1ccc(C(N)C(=O)N2CCN(CC(=O)N3CCc4ccccc43)CC2)cc1.Cl.Cl. The van der Waals surface area contributed by atoms with E-state index in [4.69, 9.17) is 5.73 Å². The van der Waals surface area contributed by atoms with E-state index in [-0.39, 0.29) is 36.6 Å². The van der Waals surface area contributed by atoms with Crippen LogP contribution in [0.15, 0.2) is 48.5 Å². The monoisotopic (exact) mass is 464 g/mol. The summed E-state index contributed by atoms with van der Waals surface area (Å²) in [7, 11) is 0. The second-order valence-electron chi connectivity index (χ2n) is 7.91. The van der Waals surface area contributed by atoms with Crippen molar-refractivity contribution in [3.8, 4) is 0 Å². The highest BCUT2D eigenvalue weighted by Gasteiger charge is 2.29. The van der Waals surface area contributed by atoms with Crippen LogP contribution in [-0.2, 0) is 16.0 Å². The lowest BCUT2D eigenvalue weighted by Gasteiger charge is -2.36. The number of anilines is 1. The summed E-state index contributed by atoms with van der Waals surface area (Å²) in [5.41, 5.74) is 10.5. The molecule has 0 saturated carbocycles. The van der Waals surface area contributed by atoms with Crippen LogP contribution in [-0.4, -0.2) is 60.9 Å². The first kappa shape index (κ1) is 25.1. The smallest absolute Gasteiger partial charge is 0.244 e. The average molecular weight is 465 g/mol. The fourth-order valence-corrected chi connectivity index (χ4v) is 4.11. The Balaban J connectivity index is 0.00000171. The van der Waals surface area contributed by atoms with Crippen LogP contribution in [0.3, 0.4) is 0 Å². The Hall–Kier alpha value is -2.12. The van der Waals surface area contributed by atoms with Gasteiger partial charge >= 0.3 is 0 Å². The molecule has 2 aromatic carbocycles. The molecule has 0 spiro atoms. The van der Waals surface area contributed by atoms with Gasteiger partial charge in [-0.15, -0.1) is 24.8 Å². The number of fused-ring (bicyclic) bond motifs is 1. The van der Waals surface area contributed by atoms with E-state index in [1.807, 2.05) is 59.2 Å². The molecule has 2 aromatic rings. The number of hydrogen-bond donors (Lipinski definition) is 1. The minimum absolute atomic E-state index is 0. The Morgan fingerprint density at radius 2 is 1.58 bits per heavy atom. The number of nitrogens with zero attached hydrogens (tertiary/aromatic N) is 3. The Bertz CT molecular complexity index is 899. The molecule has 168 valence electrons. The maximum atomic E-state index is 12.8. The fourth-order valence-electron chi connectivity index (χ4n) is 4.11. The Labute approximate surface area is 196 Å². The van der Waals surface area contributed by atoms with Gasteiger partial charge in [0, 0.05) is 38.4 Å². The van der Waals surface area contributed by atoms with Crippen molar-refractivity contribution in [2.24, 2.45) is 5.73 Å². The van der Waals surface area contributed by atoms with Crippen molar-refractivity contribution >= 4 is 42.3 Å². The molecule has 1 fully saturated rings. The molecule has 0 aliphatic carbocycles. The van der Waals surface area contributed by atoms with E-state index in [1.54, 1.807) is 0 Å². The van der Waals surface area contributed by atoms with Crippen LogP contribution in [0.2, 0.25) is 0 Å². The number of aryl methyl sites for hydroxylation is 1. The second kappa shape index (κ2) is 11.0.